The van der Waals surface area contributed by atoms with Crippen LogP contribution in [0.15, 0.2) is 0 Å². The number of alkyl halides is 1. The smallest absolute Gasteiger partial charge is 0.225 e. The van der Waals surface area contributed by atoms with E-state index < -0.39 is 0 Å². The highest BCUT2D eigenvalue weighted by Crippen LogP contribution is 2.22. The zero-order valence-corrected chi connectivity index (χ0v) is 12.0. The van der Waals surface area contributed by atoms with Crippen molar-refractivity contribution < 1.29 is 9.53 Å². The highest BCUT2D eigenvalue weighted by molar-refractivity contribution is 9.09. The molecular formula is C12H22BrNO2. The molecule has 16 heavy (non-hydrogen) atoms. The van der Waals surface area contributed by atoms with Crippen LogP contribution in [-0.2, 0) is 9.53 Å². The summed E-state index contributed by atoms with van der Waals surface area (Å²) in [7, 11) is 0. The summed E-state index contributed by atoms with van der Waals surface area (Å²) < 4.78 is 5.40. The van der Waals surface area contributed by atoms with Gasteiger partial charge in [0.1, 0.15) is 0 Å². The maximum Gasteiger partial charge on any atom is 0.225 e. The molecule has 0 saturated carbocycles. The van der Waals surface area contributed by atoms with Gasteiger partial charge in [0.2, 0.25) is 5.91 Å². The van der Waals surface area contributed by atoms with Crippen LogP contribution >= 0.6 is 15.9 Å². The molecule has 1 fully saturated rings. The Morgan fingerprint density at radius 1 is 1.56 bits per heavy atom. The molecule has 94 valence electrons. The predicted octanol–water partition coefficient (Wildman–Crippen LogP) is 2.34. The average Bonchev–Trinajstić information content (AvgIpc) is 2.61. The molecule has 3 nitrogen and oxygen atoms in total. The lowest BCUT2D eigenvalue weighted by Crippen LogP contribution is -2.38. The summed E-state index contributed by atoms with van der Waals surface area (Å²) in [6.45, 7) is 7.67. The summed E-state index contributed by atoms with van der Waals surface area (Å²) in [5, 5.41) is 4.00. The van der Waals surface area contributed by atoms with E-state index >= 15 is 0 Å². The number of hydrogen-bond acceptors (Lipinski definition) is 2. The Hall–Kier alpha value is -0.0900. The monoisotopic (exact) mass is 291 g/mol. The summed E-state index contributed by atoms with van der Waals surface area (Å²) in [4.78, 5) is 11.8. The van der Waals surface area contributed by atoms with Crippen LogP contribution in [0.3, 0.4) is 0 Å². The van der Waals surface area contributed by atoms with Gasteiger partial charge >= 0.3 is 0 Å². The zero-order chi connectivity index (χ0) is 12.2. The fourth-order valence-corrected chi connectivity index (χ4v) is 2.89. The van der Waals surface area contributed by atoms with Gasteiger partial charge in [-0.3, -0.25) is 4.79 Å². The number of nitrogens with one attached hydrogen (secondary N) is 1. The Labute approximate surface area is 106 Å². The molecule has 1 aliphatic heterocycles. The van der Waals surface area contributed by atoms with Crippen LogP contribution in [0.25, 0.3) is 0 Å². The lowest BCUT2D eigenvalue weighted by Gasteiger charge is -2.24. The van der Waals surface area contributed by atoms with Crippen molar-refractivity contribution in [2.45, 2.75) is 39.7 Å². The molecule has 0 bridgehead atoms. The van der Waals surface area contributed by atoms with Crippen molar-refractivity contribution in [2.24, 2.45) is 11.3 Å². The van der Waals surface area contributed by atoms with Gasteiger partial charge in [-0.25, -0.2) is 0 Å². The Bertz CT molecular complexity index is 243. The van der Waals surface area contributed by atoms with E-state index in [1.54, 1.807) is 0 Å². The van der Waals surface area contributed by atoms with Crippen molar-refractivity contribution in [2.75, 3.05) is 18.5 Å². The molecule has 4 heteroatoms. The number of hydrogen-bond donors (Lipinski definition) is 1. The summed E-state index contributed by atoms with van der Waals surface area (Å²) in [5.41, 5.74) is 0.157. The highest BCUT2D eigenvalue weighted by atomic mass is 79.9. The molecule has 1 aliphatic rings. The summed E-state index contributed by atoms with van der Waals surface area (Å²) in [5.74, 6) is 0.196. The highest BCUT2D eigenvalue weighted by Gasteiger charge is 2.29. The third-order valence-electron chi connectivity index (χ3n) is 3.08. The Morgan fingerprint density at radius 2 is 2.25 bits per heavy atom. The van der Waals surface area contributed by atoms with E-state index in [0.717, 1.165) is 24.7 Å². The number of carbonyl (C=O) groups is 1. The van der Waals surface area contributed by atoms with Crippen LogP contribution in [0.2, 0.25) is 0 Å². The van der Waals surface area contributed by atoms with Gasteiger partial charge in [-0.1, -0.05) is 29.8 Å². The van der Waals surface area contributed by atoms with Gasteiger partial charge in [-0.2, -0.15) is 0 Å². The number of halogens is 1. The summed E-state index contributed by atoms with van der Waals surface area (Å²) in [6.07, 6.45) is 2.14. The number of rotatable bonds is 5. The van der Waals surface area contributed by atoms with E-state index in [1.165, 1.54) is 0 Å². The van der Waals surface area contributed by atoms with Gasteiger partial charge in [0.05, 0.1) is 18.6 Å². The van der Waals surface area contributed by atoms with E-state index in [9.17, 15) is 4.79 Å². The van der Waals surface area contributed by atoms with Gasteiger partial charge in [0.25, 0.3) is 0 Å². The van der Waals surface area contributed by atoms with Crippen LogP contribution in [0, 0.1) is 11.3 Å². The van der Waals surface area contributed by atoms with E-state index in [4.69, 9.17) is 4.74 Å². The van der Waals surface area contributed by atoms with Gasteiger partial charge in [0, 0.05) is 11.9 Å². The Kier molecular flexibility index (Phi) is 5.25. The van der Waals surface area contributed by atoms with Crippen molar-refractivity contribution >= 4 is 21.8 Å². The molecule has 1 rings (SSSR count). The first-order valence-electron chi connectivity index (χ1n) is 5.90. The normalized spacial score (nSPS) is 25.8. The van der Waals surface area contributed by atoms with Crippen molar-refractivity contribution in [1.29, 1.82) is 0 Å². The minimum atomic E-state index is 0.0507. The zero-order valence-electron chi connectivity index (χ0n) is 10.4. The SMILES string of the molecule is CC1CC(C(=O)NCC(C)(C)CCBr)CO1. The maximum atomic E-state index is 11.8. The Morgan fingerprint density at radius 3 is 2.75 bits per heavy atom. The lowest BCUT2D eigenvalue weighted by molar-refractivity contribution is -0.125. The van der Waals surface area contributed by atoms with Crippen molar-refractivity contribution in [3.8, 4) is 0 Å². The van der Waals surface area contributed by atoms with Crippen LogP contribution in [0.4, 0.5) is 0 Å². The van der Waals surface area contributed by atoms with Crippen LogP contribution < -0.4 is 5.32 Å². The molecule has 2 unspecified atom stereocenters. The standard InChI is InChI=1S/C12H22BrNO2/c1-9-6-10(7-16-9)11(15)14-8-12(2,3)4-5-13/h9-10H,4-8H2,1-3H3,(H,14,15). The minimum absolute atomic E-state index is 0.0507. The molecule has 0 radical (unpaired) electrons. The second kappa shape index (κ2) is 6.01. The molecular weight excluding hydrogens is 270 g/mol. The molecule has 1 amide bonds. The molecule has 1 saturated heterocycles. The third-order valence-corrected chi connectivity index (χ3v) is 3.48. The quantitative estimate of drug-likeness (QED) is 0.790. The van der Waals surface area contributed by atoms with Crippen molar-refractivity contribution in [1.82, 2.24) is 5.32 Å². The second-order valence-electron chi connectivity index (χ2n) is 5.40. The Balaban J connectivity index is 2.29. The minimum Gasteiger partial charge on any atom is -0.378 e. The molecule has 0 aliphatic carbocycles. The number of amides is 1. The lowest BCUT2D eigenvalue weighted by atomic mass is 9.90. The fourth-order valence-electron chi connectivity index (χ4n) is 1.81. The van der Waals surface area contributed by atoms with Crippen molar-refractivity contribution in [3.63, 3.8) is 0 Å². The summed E-state index contributed by atoms with van der Waals surface area (Å²) >= 11 is 3.43. The van der Waals surface area contributed by atoms with Gasteiger partial charge < -0.3 is 10.1 Å². The number of ether oxygens (including phenoxy) is 1. The first-order chi connectivity index (χ1) is 7.44. The molecule has 1 N–H and O–H groups in total. The van der Waals surface area contributed by atoms with E-state index in [2.05, 4.69) is 35.1 Å². The first-order valence-corrected chi connectivity index (χ1v) is 7.02. The second-order valence-corrected chi connectivity index (χ2v) is 6.19. The van der Waals surface area contributed by atoms with Gasteiger partial charge in [0.15, 0.2) is 0 Å². The van der Waals surface area contributed by atoms with Crippen LogP contribution in [0.5, 0.6) is 0 Å². The van der Waals surface area contributed by atoms with Crippen LogP contribution in [-0.4, -0.2) is 30.5 Å². The largest absolute Gasteiger partial charge is 0.378 e. The molecule has 0 aromatic carbocycles. The molecule has 0 aromatic heterocycles. The number of carbonyl (C=O) groups excluding carboxylic acids is 1. The molecule has 2 atom stereocenters. The maximum absolute atomic E-state index is 11.8. The van der Waals surface area contributed by atoms with Gasteiger partial charge in [-0.05, 0) is 25.2 Å². The predicted molar refractivity (Wildman–Crippen MR) is 68.7 cm³/mol. The fraction of sp³-hybridized carbons (Fsp3) is 0.917. The van der Waals surface area contributed by atoms with E-state index in [-0.39, 0.29) is 23.3 Å². The van der Waals surface area contributed by atoms with E-state index in [1.807, 2.05) is 6.92 Å². The van der Waals surface area contributed by atoms with Crippen molar-refractivity contribution in [3.05, 3.63) is 0 Å². The third kappa shape index (κ3) is 4.42. The summed E-state index contributed by atoms with van der Waals surface area (Å²) in [6, 6.07) is 0. The van der Waals surface area contributed by atoms with Crippen LogP contribution in [0.1, 0.15) is 33.6 Å². The molecule has 1 heterocycles. The molecule has 0 spiro atoms. The first kappa shape index (κ1) is 14.0. The van der Waals surface area contributed by atoms with E-state index in [0.29, 0.717) is 6.61 Å². The topological polar surface area (TPSA) is 38.3 Å². The van der Waals surface area contributed by atoms with Gasteiger partial charge in [-0.15, -0.1) is 0 Å². The average molecular weight is 292 g/mol. The molecule has 0 aromatic rings.